The molecule has 1 aromatic carbocycles. The number of nitro groups is 1. The van der Waals surface area contributed by atoms with E-state index in [2.05, 4.69) is 0 Å². The number of carbonyl (C=O) groups is 1. The van der Waals surface area contributed by atoms with Crippen molar-refractivity contribution in [2.24, 2.45) is 0 Å². The smallest absolute Gasteiger partial charge is 0.286 e. The number of carbonyl (C=O) groups excluding carboxylic acids is 1. The van der Waals surface area contributed by atoms with Crippen molar-refractivity contribution in [1.82, 2.24) is 4.90 Å². The maximum atomic E-state index is 12.4. The molecule has 1 aliphatic rings. The van der Waals surface area contributed by atoms with E-state index < -0.39 is 16.5 Å². The number of methoxy groups -OCH3 is 1. The van der Waals surface area contributed by atoms with Crippen molar-refractivity contribution in [2.45, 2.75) is 25.8 Å². The average Bonchev–Trinajstić information content (AvgIpc) is 2.83. The number of phenolic OH excluding ortho intramolecular Hbond substituents is 1. The predicted molar refractivity (Wildman–Crippen MR) is 71.0 cm³/mol. The van der Waals surface area contributed by atoms with Crippen LogP contribution in [0.2, 0.25) is 0 Å². The normalized spacial score (nSPS) is 18.1. The summed E-state index contributed by atoms with van der Waals surface area (Å²) >= 11 is 0. The van der Waals surface area contributed by atoms with Crippen LogP contribution < -0.4 is 4.74 Å². The predicted octanol–water partition coefficient (Wildman–Crippen LogP) is 1.93. The van der Waals surface area contributed by atoms with E-state index in [-0.39, 0.29) is 23.1 Å². The lowest BCUT2D eigenvalue weighted by molar-refractivity contribution is -0.385. The molecule has 2 rings (SSSR count). The van der Waals surface area contributed by atoms with E-state index in [0.717, 1.165) is 18.9 Å². The van der Waals surface area contributed by atoms with Crippen molar-refractivity contribution < 1.29 is 19.6 Å². The molecule has 7 nitrogen and oxygen atoms in total. The summed E-state index contributed by atoms with van der Waals surface area (Å²) in [5.41, 5.74) is -0.467. The van der Waals surface area contributed by atoms with Crippen molar-refractivity contribution in [3.05, 3.63) is 27.8 Å². The molecule has 108 valence electrons. The first kappa shape index (κ1) is 14.1. The number of benzene rings is 1. The second-order valence-electron chi connectivity index (χ2n) is 4.79. The number of ether oxygens (including phenoxy) is 1. The largest absolute Gasteiger partial charge is 0.504 e. The number of hydrogen-bond acceptors (Lipinski definition) is 5. The lowest BCUT2D eigenvalue weighted by Gasteiger charge is -2.21. The molecule has 1 heterocycles. The van der Waals surface area contributed by atoms with Gasteiger partial charge in [0.15, 0.2) is 11.5 Å². The Kier molecular flexibility index (Phi) is 3.78. The van der Waals surface area contributed by atoms with Gasteiger partial charge in [0.05, 0.1) is 18.1 Å². The molecule has 1 aromatic rings. The molecule has 1 fully saturated rings. The summed E-state index contributed by atoms with van der Waals surface area (Å²) in [6.07, 6.45) is 1.77. The van der Waals surface area contributed by atoms with Crippen LogP contribution in [-0.2, 0) is 0 Å². The summed E-state index contributed by atoms with van der Waals surface area (Å²) in [5, 5.41) is 20.7. The fourth-order valence-corrected chi connectivity index (χ4v) is 2.43. The van der Waals surface area contributed by atoms with E-state index in [1.54, 1.807) is 4.90 Å². The van der Waals surface area contributed by atoms with Gasteiger partial charge in [0.25, 0.3) is 11.6 Å². The number of hydrogen-bond donors (Lipinski definition) is 1. The van der Waals surface area contributed by atoms with Gasteiger partial charge >= 0.3 is 0 Å². The van der Waals surface area contributed by atoms with Gasteiger partial charge in [-0.15, -0.1) is 0 Å². The Bertz CT molecular complexity index is 558. The summed E-state index contributed by atoms with van der Waals surface area (Å²) < 4.78 is 4.92. The maximum absolute atomic E-state index is 12.4. The molecule has 1 saturated heterocycles. The number of nitrogens with zero attached hydrogens (tertiary/aromatic N) is 2. The van der Waals surface area contributed by atoms with Crippen molar-refractivity contribution in [2.75, 3.05) is 13.7 Å². The monoisotopic (exact) mass is 280 g/mol. The molecule has 0 unspecified atom stereocenters. The highest BCUT2D eigenvalue weighted by Crippen LogP contribution is 2.35. The fourth-order valence-electron chi connectivity index (χ4n) is 2.43. The lowest BCUT2D eigenvalue weighted by Crippen LogP contribution is -2.34. The topological polar surface area (TPSA) is 92.9 Å². The standard InChI is InChI=1S/C13H16N2O5/c1-8-4-3-5-14(8)13(17)9-6-12(20-2)11(16)7-10(9)15(18)19/h6-8,16H,3-5H2,1-2H3/t8-/m1/s1. The SMILES string of the molecule is COc1cc(C(=O)N2CCC[C@H]2C)c([N+](=O)[O-])cc1O. The average molecular weight is 280 g/mol. The summed E-state index contributed by atoms with van der Waals surface area (Å²) in [5.74, 6) is -0.712. The fraction of sp³-hybridized carbons (Fsp3) is 0.462. The van der Waals surface area contributed by atoms with Crippen LogP contribution in [0.25, 0.3) is 0 Å². The van der Waals surface area contributed by atoms with Gasteiger partial charge in [-0.05, 0) is 19.8 Å². The van der Waals surface area contributed by atoms with Gasteiger partial charge in [-0.2, -0.15) is 0 Å². The first-order valence-corrected chi connectivity index (χ1v) is 6.32. The van der Waals surface area contributed by atoms with Gasteiger partial charge in [-0.25, -0.2) is 0 Å². The molecule has 1 amide bonds. The molecule has 1 atom stereocenters. The van der Waals surface area contributed by atoms with Gasteiger partial charge in [-0.3, -0.25) is 14.9 Å². The minimum absolute atomic E-state index is 0.0470. The molecule has 0 aromatic heterocycles. The van der Waals surface area contributed by atoms with Crippen molar-refractivity contribution in [1.29, 1.82) is 0 Å². The zero-order chi connectivity index (χ0) is 14.9. The number of likely N-dealkylation sites (tertiary alicyclic amines) is 1. The number of amides is 1. The van der Waals surface area contributed by atoms with Gasteiger partial charge < -0.3 is 14.7 Å². The minimum Gasteiger partial charge on any atom is -0.504 e. The molecular formula is C13H16N2O5. The second kappa shape index (κ2) is 5.36. The Hall–Kier alpha value is -2.31. The second-order valence-corrected chi connectivity index (χ2v) is 4.79. The Balaban J connectivity index is 2.48. The number of rotatable bonds is 3. The summed E-state index contributed by atoms with van der Waals surface area (Å²) in [4.78, 5) is 24.4. The van der Waals surface area contributed by atoms with Crippen LogP contribution in [0.5, 0.6) is 11.5 Å². The molecule has 0 spiro atoms. The van der Waals surface area contributed by atoms with E-state index in [4.69, 9.17) is 4.74 Å². The highest BCUT2D eigenvalue weighted by atomic mass is 16.6. The molecule has 20 heavy (non-hydrogen) atoms. The summed E-state index contributed by atoms with van der Waals surface area (Å²) in [7, 11) is 1.33. The van der Waals surface area contributed by atoms with Crippen LogP contribution in [-0.4, -0.2) is 40.5 Å². The first-order chi connectivity index (χ1) is 9.45. The van der Waals surface area contributed by atoms with E-state index in [1.165, 1.54) is 13.2 Å². The first-order valence-electron chi connectivity index (χ1n) is 6.32. The Labute approximate surface area is 115 Å². The van der Waals surface area contributed by atoms with E-state index in [9.17, 15) is 20.0 Å². The third-order valence-electron chi connectivity index (χ3n) is 3.54. The Morgan fingerprint density at radius 1 is 1.55 bits per heavy atom. The molecular weight excluding hydrogens is 264 g/mol. The third kappa shape index (κ3) is 2.38. The van der Waals surface area contributed by atoms with E-state index in [1.807, 2.05) is 6.92 Å². The number of phenols is 1. The van der Waals surface area contributed by atoms with Gasteiger partial charge in [0.1, 0.15) is 5.56 Å². The third-order valence-corrected chi connectivity index (χ3v) is 3.54. The number of nitro benzene ring substituents is 1. The Morgan fingerprint density at radius 2 is 2.25 bits per heavy atom. The van der Waals surface area contributed by atoms with Crippen molar-refractivity contribution in [3.63, 3.8) is 0 Å². The number of aromatic hydroxyl groups is 1. The zero-order valence-electron chi connectivity index (χ0n) is 11.3. The lowest BCUT2D eigenvalue weighted by atomic mass is 10.1. The van der Waals surface area contributed by atoms with Crippen LogP contribution in [0.3, 0.4) is 0 Å². The van der Waals surface area contributed by atoms with E-state index in [0.29, 0.717) is 6.54 Å². The van der Waals surface area contributed by atoms with Crippen LogP contribution in [0.4, 0.5) is 5.69 Å². The molecule has 0 bridgehead atoms. The van der Waals surface area contributed by atoms with Gasteiger partial charge in [-0.1, -0.05) is 0 Å². The van der Waals surface area contributed by atoms with Crippen LogP contribution in [0, 0.1) is 10.1 Å². The summed E-state index contributed by atoms with van der Waals surface area (Å²) in [6, 6.07) is 2.23. The molecule has 1 aliphatic heterocycles. The maximum Gasteiger partial charge on any atom is 0.286 e. The Morgan fingerprint density at radius 3 is 2.75 bits per heavy atom. The van der Waals surface area contributed by atoms with Gasteiger partial charge in [0.2, 0.25) is 0 Å². The molecule has 0 aliphatic carbocycles. The highest BCUT2D eigenvalue weighted by Gasteiger charge is 2.31. The van der Waals surface area contributed by atoms with Gasteiger partial charge in [0, 0.05) is 18.7 Å². The van der Waals surface area contributed by atoms with E-state index >= 15 is 0 Å². The van der Waals surface area contributed by atoms with Crippen molar-refractivity contribution in [3.8, 4) is 11.5 Å². The molecule has 0 radical (unpaired) electrons. The summed E-state index contributed by atoms with van der Waals surface area (Å²) in [6.45, 7) is 2.49. The quantitative estimate of drug-likeness (QED) is 0.674. The van der Waals surface area contributed by atoms with Crippen LogP contribution >= 0.6 is 0 Å². The molecule has 0 saturated carbocycles. The van der Waals surface area contributed by atoms with Crippen LogP contribution in [0.1, 0.15) is 30.1 Å². The highest BCUT2D eigenvalue weighted by molar-refractivity contribution is 5.99. The van der Waals surface area contributed by atoms with Crippen LogP contribution in [0.15, 0.2) is 12.1 Å². The minimum atomic E-state index is -0.673. The van der Waals surface area contributed by atoms with Crippen molar-refractivity contribution >= 4 is 11.6 Å². The zero-order valence-corrected chi connectivity index (χ0v) is 11.3. The molecule has 1 N–H and O–H groups in total. The molecule has 7 heteroatoms.